The smallest absolute Gasteiger partial charge is 0.348 e. The van der Waals surface area contributed by atoms with Crippen LogP contribution in [0.1, 0.15) is 67.9 Å². The van der Waals surface area contributed by atoms with Crippen molar-refractivity contribution in [1.29, 1.82) is 0 Å². The zero-order valence-corrected chi connectivity index (χ0v) is 16.5. The van der Waals surface area contributed by atoms with Gasteiger partial charge in [-0.05, 0) is 58.4 Å². The minimum absolute atomic E-state index is 0.00754. The quantitative estimate of drug-likeness (QED) is 0.798. The SMILES string of the molecule is CN(c1cc(C#CC(C)(C)C)sc1C(=O)O)C(=O)[C@H]1CC[C@H](C)CC1. The molecule has 1 aliphatic carbocycles. The Morgan fingerprint density at radius 3 is 2.36 bits per heavy atom. The van der Waals surface area contributed by atoms with E-state index in [1.54, 1.807) is 13.1 Å². The number of hydrogen-bond donors (Lipinski definition) is 1. The van der Waals surface area contributed by atoms with Crippen LogP contribution in [0.2, 0.25) is 0 Å². The number of rotatable bonds is 3. The van der Waals surface area contributed by atoms with Gasteiger partial charge in [-0.1, -0.05) is 18.8 Å². The molecule has 25 heavy (non-hydrogen) atoms. The molecular formula is C20H27NO3S. The Bertz CT molecular complexity index is 710. The van der Waals surface area contributed by atoms with E-state index in [9.17, 15) is 14.7 Å². The average Bonchev–Trinajstić information content (AvgIpc) is 2.96. The van der Waals surface area contributed by atoms with Gasteiger partial charge in [0.1, 0.15) is 4.88 Å². The van der Waals surface area contributed by atoms with Gasteiger partial charge in [0.25, 0.3) is 0 Å². The summed E-state index contributed by atoms with van der Waals surface area (Å²) in [7, 11) is 1.68. The van der Waals surface area contributed by atoms with Crippen LogP contribution in [0.4, 0.5) is 5.69 Å². The van der Waals surface area contributed by atoms with Crippen LogP contribution in [0.25, 0.3) is 0 Å². The third-order valence-electron chi connectivity index (χ3n) is 4.52. The van der Waals surface area contributed by atoms with Crippen molar-refractivity contribution < 1.29 is 14.7 Å². The van der Waals surface area contributed by atoms with Gasteiger partial charge in [-0.2, -0.15) is 0 Å². The summed E-state index contributed by atoms with van der Waals surface area (Å²) in [6.45, 7) is 8.23. The molecule has 1 amide bonds. The fourth-order valence-electron chi connectivity index (χ4n) is 2.99. The van der Waals surface area contributed by atoms with Crippen molar-refractivity contribution in [3.8, 4) is 11.8 Å². The molecule has 1 heterocycles. The van der Waals surface area contributed by atoms with Gasteiger partial charge in [0.15, 0.2) is 0 Å². The summed E-state index contributed by atoms with van der Waals surface area (Å²) >= 11 is 1.13. The van der Waals surface area contributed by atoms with Crippen LogP contribution in [-0.4, -0.2) is 24.0 Å². The molecule has 136 valence electrons. The van der Waals surface area contributed by atoms with Gasteiger partial charge in [-0.3, -0.25) is 4.79 Å². The highest BCUT2D eigenvalue weighted by atomic mass is 32.1. The maximum absolute atomic E-state index is 12.8. The van der Waals surface area contributed by atoms with Crippen molar-refractivity contribution in [3.63, 3.8) is 0 Å². The number of carboxylic acid groups (broad SMARTS) is 1. The molecule has 5 heteroatoms. The van der Waals surface area contributed by atoms with Gasteiger partial charge in [0.05, 0.1) is 10.6 Å². The van der Waals surface area contributed by atoms with Crippen LogP contribution in [-0.2, 0) is 4.79 Å². The standard InChI is InChI=1S/C20H27NO3S/c1-13-6-8-14(9-7-13)18(22)21(5)16-12-15(10-11-20(2,3)4)25-17(16)19(23)24/h12-14H,6-9H2,1-5H3,(H,23,24)/t13-,14-. The molecule has 0 atom stereocenters. The lowest BCUT2D eigenvalue weighted by molar-refractivity contribution is -0.123. The molecule has 1 fully saturated rings. The number of aromatic carboxylic acids is 1. The Morgan fingerprint density at radius 2 is 1.84 bits per heavy atom. The molecule has 2 rings (SSSR count). The van der Waals surface area contributed by atoms with Gasteiger partial charge < -0.3 is 10.0 Å². The lowest BCUT2D eigenvalue weighted by atomic mass is 9.82. The zero-order chi connectivity index (χ0) is 18.8. The van der Waals surface area contributed by atoms with E-state index in [4.69, 9.17) is 0 Å². The van der Waals surface area contributed by atoms with Crippen molar-refractivity contribution >= 4 is 28.9 Å². The number of thiophene rings is 1. The highest BCUT2D eigenvalue weighted by molar-refractivity contribution is 7.15. The lowest BCUT2D eigenvalue weighted by Crippen LogP contribution is -2.35. The van der Waals surface area contributed by atoms with Crippen LogP contribution < -0.4 is 4.90 Å². The highest BCUT2D eigenvalue weighted by Crippen LogP contribution is 2.34. The summed E-state index contributed by atoms with van der Waals surface area (Å²) < 4.78 is 0. The van der Waals surface area contributed by atoms with Gasteiger partial charge in [0, 0.05) is 18.4 Å². The highest BCUT2D eigenvalue weighted by Gasteiger charge is 2.29. The minimum Gasteiger partial charge on any atom is -0.477 e. The number of carbonyl (C=O) groups is 2. The monoisotopic (exact) mass is 361 g/mol. The summed E-state index contributed by atoms with van der Waals surface area (Å²) in [6.07, 6.45) is 3.88. The fourth-order valence-corrected chi connectivity index (χ4v) is 3.87. The molecule has 1 saturated carbocycles. The van der Waals surface area contributed by atoms with Crippen molar-refractivity contribution in [2.24, 2.45) is 17.3 Å². The maximum atomic E-state index is 12.8. The van der Waals surface area contributed by atoms with Gasteiger partial charge in [-0.25, -0.2) is 4.79 Å². The Kier molecular flexibility index (Phi) is 5.95. The van der Waals surface area contributed by atoms with E-state index >= 15 is 0 Å². The molecule has 1 aromatic heterocycles. The summed E-state index contributed by atoms with van der Waals surface area (Å²) in [4.78, 5) is 26.8. The van der Waals surface area contributed by atoms with Gasteiger partial charge in [-0.15, -0.1) is 11.3 Å². The summed E-state index contributed by atoms with van der Waals surface area (Å²) in [5.41, 5.74) is 0.299. The third kappa shape index (κ3) is 5.09. The number of anilines is 1. The van der Waals surface area contributed by atoms with E-state index in [1.165, 1.54) is 4.90 Å². The van der Waals surface area contributed by atoms with E-state index in [0.717, 1.165) is 37.0 Å². The van der Waals surface area contributed by atoms with Crippen molar-refractivity contribution in [2.75, 3.05) is 11.9 Å². The van der Waals surface area contributed by atoms with Crippen molar-refractivity contribution in [1.82, 2.24) is 0 Å². The molecule has 0 spiro atoms. The minimum atomic E-state index is -1.01. The molecule has 4 nitrogen and oxygen atoms in total. The zero-order valence-electron chi connectivity index (χ0n) is 15.7. The average molecular weight is 362 g/mol. The van der Waals surface area contributed by atoms with E-state index in [0.29, 0.717) is 16.5 Å². The van der Waals surface area contributed by atoms with E-state index < -0.39 is 5.97 Å². The first-order valence-electron chi connectivity index (χ1n) is 8.76. The molecule has 0 aliphatic heterocycles. The Morgan fingerprint density at radius 1 is 1.24 bits per heavy atom. The predicted molar refractivity (Wildman–Crippen MR) is 102 cm³/mol. The first-order chi connectivity index (χ1) is 11.6. The van der Waals surface area contributed by atoms with Crippen LogP contribution in [0.5, 0.6) is 0 Å². The van der Waals surface area contributed by atoms with Crippen molar-refractivity contribution in [3.05, 3.63) is 15.8 Å². The van der Waals surface area contributed by atoms with Gasteiger partial charge >= 0.3 is 5.97 Å². The van der Waals surface area contributed by atoms with Crippen LogP contribution in [0, 0.1) is 29.1 Å². The number of amides is 1. The number of carbonyl (C=O) groups excluding carboxylic acids is 1. The molecule has 1 aromatic rings. The van der Waals surface area contributed by atoms with Crippen LogP contribution in [0.15, 0.2) is 6.07 Å². The van der Waals surface area contributed by atoms with Crippen LogP contribution in [0.3, 0.4) is 0 Å². The molecule has 0 unspecified atom stereocenters. The molecule has 0 aromatic carbocycles. The molecule has 1 N–H and O–H groups in total. The Hall–Kier alpha value is -1.80. The molecule has 0 radical (unpaired) electrons. The topological polar surface area (TPSA) is 57.6 Å². The first kappa shape index (κ1) is 19.5. The van der Waals surface area contributed by atoms with E-state index in [2.05, 4.69) is 18.8 Å². The Labute approximate surface area is 154 Å². The molecule has 1 aliphatic rings. The second-order valence-corrected chi connectivity index (χ2v) is 9.04. The summed E-state index contributed by atoms with van der Waals surface area (Å²) in [5, 5.41) is 9.51. The van der Waals surface area contributed by atoms with Crippen molar-refractivity contribution in [2.45, 2.75) is 53.4 Å². The predicted octanol–water partition coefficient (Wildman–Crippen LogP) is 4.63. The summed E-state index contributed by atoms with van der Waals surface area (Å²) in [5.74, 6) is 5.83. The number of nitrogens with zero attached hydrogens (tertiary/aromatic N) is 1. The lowest BCUT2D eigenvalue weighted by Gasteiger charge is -2.28. The Balaban J connectivity index is 2.26. The summed E-state index contributed by atoms with van der Waals surface area (Å²) in [6, 6.07) is 1.73. The second-order valence-electron chi connectivity index (χ2n) is 7.98. The molecular weight excluding hydrogens is 334 g/mol. The third-order valence-corrected chi connectivity index (χ3v) is 5.55. The molecule has 0 saturated heterocycles. The first-order valence-corrected chi connectivity index (χ1v) is 9.58. The van der Waals surface area contributed by atoms with E-state index in [-0.39, 0.29) is 22.1 Å². The second kappa shape index (κ2) is 7.61. The van der Waals surface area contributed by atoms with E-state index in [1.807, 2.05) is 20.8 Å². The number of hydrogen-bond acceptors (Lipinski definition) is 3. The fraction of sp³-hybridized carbons (Fsp3) is 0.600. The largest absolute Gasteiger partial charge is 0.477 e. The number of carboxylic acids is 1. The van der Waals surface area contributed by atoms with Crippen LogP contribution >= 0.6 is 11.3 Å². The van der Waals surface area contributed by atoms with Gasteiger partial charge in [0.2, 0.25) is 5.91 Å². The normalized spacial score (nSPS) is 20.5. The maximum Gasteiger partial charge on any atom is 0.348 e. The molecule has 0 bridgehead atoms.